The van der Waals surface area contributed by atoms with Gasteiger partial charge in [-0.2, -0.15) is 0 Å². The van der Waals surface area contributed by atoms with Gasteiger partial charge < -0.3 is 4.57 Å². The maximum Gasteiger partial charge on any atom is 0.0547 e. The highest BCUT2D eigenvalue weighted by Crippen LogP contribution is 2.41. The lowest BCUT2D eigenvalue weighted by atomic mass is 9.94. The van der Waals surface area contributed by atoms with E-state index in [2.05, 4.69) is 178 Å². The Balaban J connectivity index is 0.00000159. The summed E-state index contributed by atoms with van der Waals surface area (Å²) in [5.41, 5.74) is 10.9. The topological polar surface area (TPSA) is 4.93 Å². The van der Waals surface area contributed by atoms with E-state index in [0.29, 0.717) is 0 Å². The highest BCUT2D eigenvalue weighted by Gasteiger charge is 2.16. The van der Waals surface area contributed by atoms with Crippen LogP contribution in [0.25, 0.3) is 81.0 Å². The summed E-state index contributed by atoms with van der Waals surface area (Å²) in [4.78, 5) is 0. The Kier molecular flexibility index (Phi) is 7.73. The summed E-state index contributed by atoms with van der Waals surface area (Å²) in [5, 5.41) is 5.16. The second-order valence-electron chi connectivity index (χ2n) is 11.5. The lowest BCUT2D eigenvalue weighted by Crippen LogP contribution is -1.94. The molecule has 9 aromatic rings. The second kappa shape index (κ2) is 12.3. The second-order valence-corrected chi connectivity index (χ2v) is 13.5. The minimum Gasteiger partial charge on any atom is -0.309 e. The molecule has 1 nitrogen and oxygen atoms in total. The number of fused-ring (bicyclic) bond motifs is 6. The van der Waals surface area contributed by atoms with Gasteiger partial charge in [-0.1, -0.05) is 133 Å². The Morgan fingerprint density at radius 3 is 1.74 bits per heavy atom. The summed E-state index contributed by atoms with van der Waals surface area (Å²) in [6.45, 7) is 4.00. The molecule has 0 aliphatic carbocycles. The van der Waals surface area contributed by atoms with Crippen molar-refractivity contribution in [2.24, 2.45) is 0 Å². The zero-order valence-electron chi connectivity index (χ0n) is 26.2. The molecule has 0 radical (unpaired) electrons. The van der Waals surface area contributed by atoms with Crippen LogP contribution in [0.3, 0.4) is 0 Å². The van der Waals surface area contributed by atoms with Crippen LogP contribution >= 0.6 is 27.3 Å². The molecular formula is C44H32BrNS. The van der Waals surface area contributed by atoms with Gasteiger partial charge in [0.25, 0.3) is 0 Å². The molecule has 2 aromatic heterocycles. The van der Waals surface area contributed by atoms with Gasteiger partial charge in [-0.05, 0) is 88.0 Å². The van der Waals surface area contributed by atoms with Gasteiger partial charge in [0, 0.05) is 41.1 Å². The average molecular weight is 687 g/mol. The quantitative estimate of drug-likeness (QED) is 0.174. The number of nitrogens with zero attached hydrogens (tertiary/aromatic N) is 1. The molecule has 0 N–H and O–H groups in total. The molecule has 3 heteroatoms. The van der Waals surface area contributed by atoms with Crippen molar-refractivity contribution in [3.8, 4) is 39.1 Å². The van der Waals surface area contributed by atoms with E-state index in [4.69, 9.17) is 0 Å². The van der Waals surface area contributed by atoms with Gasteiger partial charge >= 0.3 is 0 Å². The standard InChI is InChI=1S/C42H26BrNS.C2H6/c43-31-10-8-9-29(23-31)33-13-4-5-14-34(33)30-18-21-36-35-20-17-28(25-39(35)44(40(36)26-30)32-11-2-1-3-12-32)27-19-22-42-38(24-27)37-15-6-7-16-41(37)45-42;1-2/h1-26H;1-2H3. The first-order chi connectivity index (χ1) is 23.2. The number of thiophene rings is 1. The Bertz CT molecular complexity index is 2560. The van der Waals surface area contributed by atoms with Gasteiger partial charge in [0.1, 0.15) is 0 Å². The zero-order valence-corrected chi connectivity index (χ0v) is 28.6. The molecule has 0 unspecified atom stereocenters. The van der Waals surface area contributed by atoms with Gasteiger partial charge in [-0.15, -0.1) is 11.3 Å². The van der Waals surface area contributed by atoms with Crippen LogP contribution in [0.5, 0.6) is 0 Å². The molecule has 2 heterocycles. The van der Waals surface area contributed by atoms with Crippen molar-refractivity contribution in [1.29, 1.82) is 0 Å². The summed E-state index contributed by atoms with van der Waals surface area (Å²) in [6.07, 6.45) is 0. The van der Waals surface area contributed by atoms with Crippen molar-refractivity contribution in [3.63, 3.8) is 0 Å². The number of hydrogen-bond acceptors (Lipinski definition) is 1. The van der Waals surface area contributed by atoms with E-state index in [-0.39, 0.29) is 0 Å². The summed E-state index contributed by atoms with van der Waals surface area (Å²) in [5.74, 6) is 0. The summed E-state index contributed by atoms with van der Waals surface area (Å²) in [6, 6.07) is 57.5. The van der Waals surface area contributed by atoms with E-state index in [0.717, 1.165) is 10.2 Å². The van der Waals surface area contributed by atoms with Crippen molar-refractivity contribution in [1.82, 2.24) is 4.57 Å². The van der Waals surface area contributed by atoms with Crippen LogP contribution in [0.2, 0.25) is 0 Å². The van der Waals surface area contributed by atoms with Crippen LogP contribution in [-0.2, 0) is 0 Å². The minimum absolute atomic E-state index is 1.08. The lowest BCUT2D eigenvalue weighted by molar-refractivity contribution is 1.18. The van der Waals surface area contributed by atoms with Gasteiger partial charge in [0.15, 0.2) is 0 Å². The number of hydrogen-bond donors (Lipinski definition) is 0. The van der Waals surface area contributed by atoms with Crippen molar-refractivity contribution >= 4 is 69.2 Å². The maximum absolute atomic E-state index is 3.67. The molecule has 226 valence electrons. The molecular weight excluding hydrogens is 654 g/mol. The molecule has 0 atom stereocenters. The van der Waals surface area contributed by atoms with Gasteiger partial charge in [-0.25, -0.2) is 0 Å². The number of halogens is 1. The molecule has 0 spiro atoms. The van der Waals surface area contributed by atoms with Gasteiger partial charge in [0.2, 0.25) is 0 Å². The third-order valence-corrected chi connectivity index (χ3v) is 10.5. The molecule has 0 aliphatic rings. The largest absolute Gasteiger partial charge is 0.309 e. The normalized spacial score (nSPS) is 11.3. The average Bonchev–Trinajstić information content (AvgIpc) is 3.67. The Morgan fingerprint density at radius 2 is 1.00 bits per heavy atom. The Labute approximate surface area is 287 Å². The highest BCUT2D eigenvalue weighted by molar-refractivity contribution is 9.10. The van der Waals surface area contributed by atoms with E-state index in [9.17, 15) is 0 Å². The smallest absolute Gasteiger partial charge is 0.0547 e. The summed E-state index contributed by atoms with van der Waals surface area (Å²) in [7, 11) is 0. The number of rotatable bonds is 4. The molecule has 9 rings (SSSR count). The van der Waals surface area contributed by atoms with Crippen LogP contribution in [0.1, 0.15) is 13.8 Å². The predicted octanol–water partition coefficient (Wildman–Crippen LogP) is 13.9. The van der Waals surface area contributed by atoms with E-state index in [1.165, 1.54) is 75.4 Å². The molecule has 0 fully saturated rings. The van der Waals surface area contributed by atoms with Crippen molar-refractivity contribution in [2.75, 3.05) is 0 Å². The number of benzene rings is 7. The van der Waals surface area contributed by atoms with Crippen molar-refractivity contribution in [3.05, 3.63) is 162 Å². The Morgan fingerprint density at radius 1 is 0.426 bits per heavy atom. The van der Waals surface area contributed by atoms with Crippen LogP contribution in [0.15, 0.2) is 162 Å². The molecule has 0 aliphatic heterocycles. The van der Waals surface area contributed by atoms with Gasteiger partial charge in [0.05, 0.1) is 11.0 Å². The Hall–Kier alpha value is -4.96. The first-order valence-electron chi connectivity index (χ1n) is 16.1. The fourth-order valence-corrected chi connectivity index (χ4v) is 8.25. The minimum atomic E-state index is 1.08. The summed E-state index contributed by atoms with van der Waals surface area (Å²) >= 11 is 5.53. The maximum atomic E-state index is 3.67. The first kappa shape index (κ1) is 29.4. The SMILES string of the molecule is Brc1cccc(-c2ccccc2-c2ccc3c4ccc(-c5ccc6sc7ccccc7c6c5)cc4n(-c4ccccc4)c3c2)c1.CC. The lowest BCUT2D eigenvalue weighted by Gasteiger charge is -2.12. The van der Waals surface area contributed by atoms with Crippen LogP contribution in [0.4, 0.5) is 0 Å². The third kappa shape index (κ3) is 5.17. The molecule has 0 saturated carbocycles. The molecule has 0 amide bonds. The predicted molar refractivity (Wildman–Crippen MR) is 209 cm³/mol. The van der Waals surface area contributed by atoms with Crippen LogP contribution in [-0.4, -0.2) is 4.57 Å². The summed E-state index contributed by atoms with van der Waals surface area (Å²) < 4.78 is 6.17. The van der Waals surface area contributed by atoms with Gasteiger partial charge in [-0.3, -0.25) is 0 Å². The highest BCUT2D eigenvalue weighted by atomic mass is 79.9. The number of para-hydroxylation sites is 1. The molecule has 47 heavy (non-hydrogen) atoms. The van der Waals surface area contributed by atoms with E-state index in [1.54, 1.807) is 0 Å². The fraction of sp³-hybridized carbons (Fsp3) is 0.0455. The van der Waals surface area contributed by atoms with E-state index >= 15 is 0 Å². The van der Waals surface area contributed by atoms with E-state index < -0.39 is 0 Å². The van der Waals surface area contributed by atoms with Crippen molar-refractivity contribution < 1.29 is 0 Å². The monoisotopic (exact) mass is 685 g/mol. The van der Waals surface area contributed by atoms with E-state index in [1.807, 2.05) is 25.2 Å². The van der Waals surface area contributed by atoms with Crippen LogP contribution in [0, 0.1) is 0 Å². The third-order valence-electron chi connectivity index (χ3n) is 8.87. The van der Waals surface area contributed by atoms with Crippen molar-refractivity contribution in [2.45, 2.75) is 13.8 Å². The first-order valence-corrected chi connectivity index (χ1v) is 17.7. The zero-order chi connectivity index (χ0) is 31.9. The molecule has 7 aromatic carbocycles. The van der Waals surface area contributed by atoms with Crippen LogP contribution < -0.4 is 0 Å². The number of aromatic nitrogens is 1. The molecule has 0 bridgehead atoms. The molecule has 0 saturated heterocycles. The fourth-order valence-electron chi connectivity index (χ4n) is 6.77.